The van der Waals surface area contributed by atoms with Gasteiger partial charge in [-0.3, -0.25) is 9.59 Å². The highest BCUT2D eigenvalue weighted by Gasteiger charge is 2.26. The molecule has 1 N–H and O–H groups in total. The van der Waals surface area contributed by atoms with Gasteiger partial charge in [-0.1, -0.05) is 53.5 Å². The van der Waals surface area contributed by atoms with Gasteiger partial charge in [0.25, 0.3) is 5.91 Å². The molecule has 30 heavy (non-hydrogen) atoms. The van der Waals surface area contributed by atoms with Crippen LogP contribution in [0.2, 0.25) is 0 Å². The van der Waals surface area contributed by atoms with Crippen molar-refractivity contribution < 1.29 is 14.3 Å². The van der Waals surface area contributed by atoms with Crippen LogP contribution >= 0.6 is 15.9 Å². The standard InChI is InChI=1S/C24H31BrN2O3/c1-5-6-13-26-24(29)19(4)27(15-20-9-11-21(25)12-10-20)23(28)16-30-22-14-17(2)7-8-18(22)3/h7-12,14,19H,5-6,13,15-16H2,1-4H3,(H,26,29)/t19-/m0/s1. The number of nitrogens with zero attached hydrogens (tertiary/aromatic N) is 1. The van der Waals surface area contributed by atoms with Crippen LogP contribution < -0.4 is 10.1 Å². The summed E-state index contributed by atoms with van der Waals surface area (Å²) in [7, 11) is 0. The maximum absolute atomic E-state index is 13.1. The number of rotatable bonds is 10. The molecule has 2 rings (SSSR count). The number of halogens is 1. The van der Waals surface area contributed by atoms with Crippen LogP contribution in [-0.2, 0) is 16.1 Å². The predicted octanol–water partition coefficient (Wildman–Crippen LogP) is 4.78. The highest BCUT2D eigenvalue weighted by molar-refractivity contribution is 9.10. The minimum absolute atomic E-state index is 0.118. The lowest BCUT2D eigenvalue weighted by atomic mass is 10.1. The molecule has 0 aliphatic heterocycles. The fourth-order valence-corrected chi connectivity index (χ4v) is 3.25. The van der Waals surface area contributed by atoms with Gasteiger partial charge in [-0.25, -0.2) is 0 Å². The highest BCUT2D eigenvalue weighted by atomic mass is 79.9. The first-order chi connectivity index (χ1) is 14.3. The number of amides is 2. The molecule has 0 aliphatic rings. The predicted molar refractivity (Wildman–Crippen MR) is 123 cm³/mol. The Hall–Kier alpha value is -2.34. The van der Waals surface area contributed by atoms with Crippen molar-refractivity contribution >= 4 is 27.7 Å². The van der Waals surface area contributed by atoms with Crippen LogP contribution in [0.1, 0.15) is 43.4 Å². The van der Waals surface area contributed by atoms with Crippen LogP contribution in [0.15, 0.2) is 46.9 Å². The third-order valence-corrected chi connectivity index (χ3v) is 5.49. The number of carbonyl (C=O) groups is 2. The molecule has 0 spiro atoms. The minimum Gasteiger partial charge on any atom is -0.483 e. The van der Waals surface area contributed by atoms with Gasteiger partial charge in [0.05, 0.1) is 0 Å². The highest BCUT2D eigenvalue weighted by Crippen LogP contribution is 2.20. The zero-order valence-corrected chi connectivity index (χ0v) is 19.8. The van der Waals surface area contributed by atoms with E-state index in [0.717, 1.165) is 34.0 Å². The molecule has 0 saturated carbocycles. The Morgan fingerprint density at radius 3 is 2.50 bits per heavy atom. The molecule has 162 valence electrons. The summed E-state index contributed by atoms with van der Waals surface area (Å²) in [5, 5.41) is 2.92. The van der Waals surface area contributed by atoms with Crippen molar-refractivity contribution in [1.29, 1.82) is 0 Å². The fraction of sp³-hybridized carbons (Fsp3) is 0.417. The summed E-state index contributed by atoms with van der Waals surface area (Å²) in [6.07, 6.45) is 1.91. The maximum Gasteiger partial charge on any atom is 0.261 e. The van der Waals surface area contributed by atoms with E-state index in [1.807, 2.05) is 56.3 Å². The van der Waals surface area contributed by atoms with Crippen molar-refractivity contribution in [1.82, 2.24) is 10.2 Å². The first kappa shape index (κ1) is 23.9. The Bertz CT molecular complexity index is 852. The average molecular weight is 475 g/mol. The van der Waals surface area contributed by atoms with Crippen LogP contribution in [0.25, 0.3) is 0 Å². The van der Waals surface area contributed by atoms with E-state index in [0.29, 0.717) is 18.8 Å². The number of nitrogens with one attached hydrogen (secondary N) is 1. The van der Waals surface area contributed by atoms with Gasteiger partial charge >= 0.3 is 0 Å². The zero-order chi connectivity index (χ0) is 22.1. The summed E-state index contributed by atoms with van der Waals surface area (Å²) in [6, 6.07) is 13.0. The molecule has 0 aromatic heterocycles. The zero-order valence-electron chi connectivity index (χ0n) is 18.2. The Kier molecular flexibility index (Phi) is 9.37. The van der Waals surface area contributed by atoms with Gasteiger partial charge in [0.15, 0.2) is 6.61 Å². The molecule has 0 fully saturated rings. The molecule has 2 aromatic carbocycles. The number of carbonyl (C=O) groups excluding carboxylic acids is 2. The number of unbranched alkanes of at least 4 members (excludes halogenated alkanes) is 1. The van der Waals surface area contributed by atoms with Crippen molar-refractivity contribution in [2.75, 3.05) is 13.2 Å². The van der Waals surface area contributed by atoms with Crippen molar-refractivity contribution in [3.63, 3.8) is 0 Å². The fourth-order valence-electron chi connectivity index (χ4n) is 2.99. The smallest absolute Gasteiger partial charge is 0.261 e. The van der Waals surface area contributed by atoms with E-state index in [1.165, 1.54) is 0 Å². The lowest BCUT2D eigenvalue weighted by Crippen LogP contribution is -2.49. The van der Waals surface area contributed by atoms with Crippen molar-refractivity contribution in [2.24, 2.45) is 0 Å². The molecule has 0 unspecified atom stereocenters. The van der Waals surface area contributed by atoms with Crippen LogP contribution in [0, 0.1) is 13.8 Å². The molecule has 0 bridgehead atoms. The van der Waals surface area contributed by atoms with Crippen molar-refractivity contribution in [3.8, 4) is 5.75 Å². The minimum atomic E-state index is -0.597. The summed E-state index contributed by atoms with van der Waals surface area (Å²) in [5.41, 5.74) is 2.99. The van der Waals surface area contributed by atoms with E-state index in [1.54, 1.807) is 11.8 Å². The van der Waals surface area contributed by atoms with Gasteiger partial charge in [0.1, 0.15) is 11.8 Å². The molecule has 2 amide bonds. The number of hydrogen-bond donors (Lipinski definition) is 1. The number of hydrogen-bond acceptors (Lipinski definition) is 3. The molecule has 0 radical (unpaired) electrons. The Balaban J connectivity index is 2.13. The third-order valence-electron chi connectivity index (χ3n) is 4.96. The van der Waals surface area contributed by atoms with Gasteiger partial charge in [-0.2, -0.15) is 0 Å². The second-order valence-corrected chi connectivity index (χ2v) is 8.44. The molecule has 0 aliphatic carbocycles. The largest absolute Gasteiger partial charge is 0.483 e. The van der Waals surface area contributed by atoms with Crippen LogP contribution in [0.5, 0.6) is 5.75 Å². The van der Waals surface area contributed by atoms with Gasteiger partial charge in [-0.15, -0.1) is 0 Å². The van der Waals surface area contributed by atoms with Crippen LogP contribution in [0.3, 0.4) is 0 Å². The van der Waals surface area contributed by atoms with E-state index in [4.69, 9.17) is 4.74 Å². The van der Waals surface area contributed by atoms with Crippen LogP contribution in [0.4, 0.5) is 0 Å². The average Bonchev–Trinajstić information content (AvgIpc) is 2.73. The van der Waals surface area contributed by atoms with Gasteiger partial charge < -0.3 is 15.0 Å². The normalized spacial score (nSPS) is 11.6. The molecular formula is C24H31BrN2O3. The summed E-state index contributed by atoms with van der Waals surface area (Å²) >= 11 is 3.43. The van der Waals surface area contributed by atoms with Crippen molar-refractivity contribution in [2.45, 2.75) is 53.1 Å². The molecule has 0 heterocycles. The first-order valence-corrected chi connectivity index (χ1v) is 11.1. The van der Waals surface area contributed by atoms with Gasteiger partial charge in [-0.05, 0) is 62.1 Å². The quantitative estimate of drug-likeness (QED) is 0.504. The summed E-state index contributed by atoms with van der Waals surface area (Å²) in [6.45, 7) is 8.59. The Labute approximate surface area is 187 Å². The second-order valence-electron chi connectivity index (χ2n) is 7.53. The SMILES string of the molecule is CCCCNC(=O)[C@H](C)N(Cc1ccc(Br)cc1)C(=O)COc1cc(C)ccc1C. The summed E-state index contributed by atoms with van der Waals surface area (Å²) < 4.78 is 6.78. The second kappa shape index (κ2) is 11.7. The number of aryl methyl sites for hydroxylation is 2. The topological polar surface area (TPSA) is 58.6 Å². The summed E-state index contributed by atoms with van der Waals surface area (Å²) in [5.74, 6) is 0.310. The number of ether oxygens (including phenoxy) is 1. The lowest BCUT2D eigenvalue weighted by Gasteiger charge is -2.29. The van der Waals surface area contributed by atoms with Gasteiger partial charge in [0.2, 0.25) is 5.91 Å². The van der Waals surface area contributed by atoms with Crippen molar-refractivity contribution in [3.05, 3.63) is 63.6 Å². The van der Waals surface area contributed by atoms with E-state index in [9.17, 15) is 9.59 Å². The number of benzene rings is 2. The lowest BCUT2D eigenvalue weighted by molar-refractivity contribution is -0.142. The van der Waals surface area contributed by atoms with E-state index in [2.05, 4.69) is 28.2 Å². The molecule has 6 heteroatoms. The van der Waals surface area contributed by atoms with Crippen LogP contribution in [-0.4, -0.2) is 35.9 Å². The Morgan fingerprint density at radius 2 is 1.83 bits per heavy atom. The summed E-state index contributed by atoms with van der Waals surface area (Å²) in [4.78, 5) is 27.3. The molecule has 2 aromatic rings. The maximum atomic E-state index is 13.1. The molecular weight excluding hydrogens is 444 g/mol. The molecule has 1 atom stereocenters. The third kappa shape index (κ3) is 7.17. The van der Waals surface area contributed by atoms with E-state index in [-0.39, 0.29) is 18.4 Å². The Morgan fingerprint density at radius 1 is 1.13 bits per heavy atom. The van der Waals surface area contributed by atoms with Gasteiger partial charge in [0, 0.05) is 17.6 Å². The first-order valence-electron chi connectivity index (χ1n) is 10.3. The van der Waals surface area contributed by atoms with E-state index < -0.39 is 6.04 Å². The molecule has 5 nitrogen and oxygen atoms in total. The van der Waals surface area contributed by atoms with E-state index >= 15 is 0 Å². The monoisotopic (exact) mass is 474 g/mol. The molecule has 0 saturated heterocycles.